The third kappa shape index (κ3) is 2.26. The quantitative estimate of drug-likeness (QED) is 0.882. The summed E-state index contributed by atoms with van der Waals surface area (Å²) < 4.78 is 40.0. The van der Waals surface area contributed by atoms with Crippen LogP contribution in [0.4, 0.5) is 14.5 Å². The highest BCUT2D eigenvalue weighted by Gasteiger charge is 2.39. The minimum atomic E-state index is -3.54. The molecular weight excluding hydrogens is 244 g/mol. The van der Waals surface area contributed by atoms with E-state index in [1.165, 1.54) is 6.07 Å². The highest BCUT2D eigenvalue weighted by atomic mass is 19.3. The molecule has 2 heterocycles. The monoisotopic (exact) mass is 257 g/mol. The van der Waals surface area contributed by atoms with Crippen molar-refractivity contribution in [1.82, 2.24) is 0 Å². The number of ether oxygens (including phenoxy) is 3. The van der Waals surface area contributed by atoms with E-state index in [0.29, 0.717) is 12.2 Å². The Balaban J connectivity index is 1.83. The fourth-order valence-electron chi connectivity index (χ4n) is 2.13. The Morgan fingerprint density at radius 1 is 1.33 bits per heavy atom. The molecule has 1 N–H and O–H groups in total. The molecule has 1 unspecified atom stereocenters. The van der Waals surface area contributed by atoms with Gasteiger partial charge in [0.25, 0.3) is 0 Å². The predicted molar refractivity (Wildman–Crippen MR) is 59.7 cm³/mol. The van der Waals surface area contributed by atoms with Crippen molar-refractivity contribution >= 4 is 5.69 Å². The van der Waals surface area contributed by atoms with Crippen LogP contribution < -0.4 is 10.1 Å². The second-order valence-corrected chi connectivity index (χ2v) is 4.34. The number of hydrogen-bond acceptors (Lipinski definition) is 4. The van der Waals surface area contributed by atoms with Gasteiger partial charge in [-0.2, -0.15) is 0 Å². The number of benzene rings is 1. The SMILES string of the molecule is FC1(F)OCc2c(NC3CCOC3)cccc2O1. The molecule has 18 heavy (non-hydrogen) atoms. The van der Waals surface area contributed by atoms with Gasteiger partial charge in [0.1, 0.15) is 5.75 Å². The van der Waals surface area contributed by atoms with Crippen LogP contribution in [0.2, 0.25) is 0 Å². The van der Waals surface area contributed by atoms with Crippen LogP contribution >= 0.6 is 0 Å². The van der Waals surface area contributed by atoms with Crippen LogP contribution in [0.25, 0.3) is 0 Å². The van der Waals surface area contributed by atoms with E-state index < -0.39 is 6.29 Å². The Kier molecular flexibility index (Phi) is 2.83. The van der Waals surface area contributed by atoms with E-state index in [2.05, 4.69) is 14.8 Å². The van der Waals surface area contributed by atoms with Crippen molar-refractivity contribution in [1.29, 1.82) is 0 Å². The first-order chi connectivity index (χ1) is 8.64. The molecule has 0 amide bonds. The van der Waals surface area contributed by atoms with Crippen molar-refractivity contribution in [2.75, 3.05) is 18.5 Å². The summed E-state index contributed by atoms with van der Waals surface area (Å²) in [6.07, 6.45) is -2.64. The molecule has 0 bridgehead atoms. The van der Waals surface area contributed by atoms with Crippen molar-refractivity contribution in [2.24, 2.45) is 0 Å². The number of anilines is 1. The molecular formula is C12H13F2NO3. The Bertz CT molecular complexity index is 447. The van der Waals surface area contributed by atoms with Crippen LogP contribution in [0.15, 0.2) is 18.2 Å². The number of halogens is 2. The van der Waals surface area contributed by atoms with Gasteiger partial charge in [-0.1, -0.05) is 6.07 Å². The van der Waals surface area contributed by atoms with Crippen LogP contribution in [0.1, 0.15) is 12.0 Å². The standard InChI is InChI=1S/C12H13F2NO3/c13-12(14)17-7-9-10(2-1-3-11(9)18-12)15-8-4-5-16-6-8/h1-3,8,15H,4-7H2. The highest BCUT2D eigenvalue weighted by Crippen LogP contribution is 2.37. The molecule has 0 saturated carbocycles. The second-order valence-electron chi connectivity index (χ2n) is 4.34. The molecule has 1 saturated heterocycles. The fraction of sp³-hybridized carbons (Fsp3) is 0.500. The minimum Gasteiger partial charge on any atom is -0.409 e. The number of rotatable bonds is 2. The number of hydrogen-bond donors (Lipinski definition) is 1. The normalized spacial score (nSPS) is 25.3. The van der Waals surface area contributed by atoms with E-state index >= 15 is 0 Å². The lowest BCUT2D eigenvalue weighted by Gasteiger charge is -2.27. The smallest absolute Gasteiger partial charge is 0.409 e. The zero-order valence-electron chi connectivity index (χ0n) is 9.62. The summed E-state index contributed by atoms with van der Waals surface area (Å²) >= 11 is 0. The average Bonchev–Trinajstić information content (AvgIpc) is 2.80. The molecule has 0 spiro atoms. The molecule has 0 aliphatic carbocycles. The molecule has 1 aromatic carbocycles. The predicted octanol–water partition coefficient (Wildman–Crippen LogP) is 2.35. The van der Waals surface area contributed by atoms with Gasteiger partial charge in [-0.15, -0.1) is 8.78 Å². The van der Waals surface area contributed by atoms with Crippen molar-refractivity contribution in [3.63, 3.8) is 0 Å². The van der Waals surface area contributed by atoms with Crippen molar-refractivity contribution < 1.29 is 23.0 Å². The highest BCUT2D eigenvalue weighted by molar-refractivity contribution is 5.58. The van der Waals surface area contributed by atoms with Crippen LogP contribution in [-0.2, 0) is 16.1 Å². The molecule has 2 aliphatic rings. The van der Waals surface area contributed by atoms with Gasteiger partial charge >= 0.3 is 6.29 Å². The Morgan fingerprint density at radius 3 is 3.00 bits per heavy atom. The summed E-state index contributed by atoms with van der Waals surface area (Å²) in [6, 6.07) is 5.23. The van der Waals surface area contributed by atoms with Crippen molar-refractivity contribution in [3.05, 3.63) is 23.8 Å². The average molecular weight is 257 g/mol. The molecule has 1 fully saturated rings. The topological polar surface area (TPSA) is 39.7 Å². The molecule has 1 atom stereocenters. The molecule has 2 aliphatic heterocycles. The summed E-state index contributed by atoms with van der Waals surface area (Å²) in [5.74, 6) is 0.162. The van der Waals surface area contributed by atoms with E-state index in [1.54, 1.807) is 6.07 Å². The zero-order chi connectivity index (χ0) is 12.6. The molecule has 0 aromatic heterocycles. The van der Waals surface area contributed by atoms with Crippen LogP contribution in [0.3, 0.4) is 0 Å². The van der Waals surface area contributed by atoms with E-state index in [9.17, 15) is 8.78 Å². The van der Waals surface area contributed by atoms with Gasteiger partial charge in [-0.25, -0.2) is 0 Å². The number of nitrogens with one attached hydrogen (secondary N) is 1. The summed E-state index contributed by atoms with van der Waals surface area (Å²) in [5, 5.41) is 3.27. The summed E-state index contributed by atoms with van der Waals surface area (Å²) in [4.78, 5) is 0. The largest absolute Gasteiger partial charge is 0.535 e. The maximum atomic E-state index is 12.9. The maximum absolute atomic E-state index is 12.9. The van der Waals surface area contributed by atoms with Gasteiger partial charge in [-0.3, -0.25) is 4.74 Å². The zero-order valence-corrected chi connectivity index (χ0v) is 9.62. The van der Waals surface area contributed by atoms with Gasteiger partial charge in [0.05, 0.1) is 19.3 Å². The Hall–Kier alpha value is -1.40. The van der Waals surface area contributed by atoms with Gasteiger partial charge in [-0.05, 0) is 18.6 Å². The summed E-state index contributed by atoms with van der Waals surface area (Å²) in [6.45, 7) is 1.18. The van der Waals surface area contributed by atoms with Crippen LogP contribution in [-0.4, -0.2) is 25.6 Å². The lowest BCUT2D eigenvalue weighted by atomic mass is 10.1. The molecule has 6 heteroatoms. The van der Waals surface area contributed by atoms with Gasteiger partial charge < -0.3 is 14.8 Å². The van der Waals surface area contributed by atoms with Crippen LogP contribution in [0.5, 0.6) is 5.75 Å². The summed E-state index contributed by atoms with van der Waals surface area (Å²) in [7, 11) is 0. The van der Waals surface area contributed by atoms with Gasteiger partial charge in [0, 0.05) is 17.9 Å². The molecule has 0 radical (unpaired) electrons. The maximum Gasteiger partial charge on any atom is 0.535 e. The third-order valence-corrected chi connectivity index (χ3v) is 3.04. The number of alkyl halides is 2. The Labute approximate surface area is 103 Å². The first-order valence-corrected chi connectivity index (χ1v) is 5.81. The minimum absolute atomic E-state index is 0.162. The van der Waals surface area contributed by atoms with Gasteiger partial charge in [0.15, 0.2) is 0 Å². The van der Waals surface area contributed by atoms with Crippen molar-refractivity contribution in [3.8, 4) is 5.75 Å². The first kappa shape index (κ1) is 11.7. The van der Waals surface area contributed by atoms with Gasteiger partial charge in [0.2, 0.25) is 0 Å². The lowest BCUT2D eigenvalue weighted by Crippen LogP contribution is -2.33. The Morgan fingerprint density at radius 2 is 2.22 bits per heavy atom. The molecule has 98 valence electrons. The first-order valence-electron chi connectivity index (χ1n) is 5.81. The molecule has 1 aromatic rings. The third-order valence-electron chi connectivity index (χ3n) is 3.04. The van der Waals surface area contributed by atoms with Crippen LogP contribution in [0, 0.1) is 0 Å². The van der Waals surface area contributed by atoms with E-state index in [0.717, 1.165) is 18.7 Å². The molecule has 3 rings (SSSR count). The van der Waals surface area contributed by atoms with E-state index in [1.807, 2.05) is 6.07 Å². The summed E-state index contributed by atoms with van der Waals surface area (Å²) in [5.41, 5.74) is 1.38. The lowest BCUT2D eigenvalue weighted by molar-refractivity contribution is -0.367. The van der Waals surface area contributed by atoms with E-state index in [4.69, 9.17) is 4.74 Å². The second kappa shape index (κ2) is 4.37. The van der Waals surface area contributed by atoms with E-state index in [-0.39, 0.29) is 18.4 Å². The molecule has 4 nitrogen and oxygen atoms in total. The fourth-order valence-corrected chi connectivity index (χ4v) is 2.13. The van der Waals surface area contributed by atoms with Crippen molar-refractivity contribution in [2.45, 2.75) is 25.4 Å². The number of fused-ring (bicyclic) bond motifs is 1.